The summed E-state index contributed by atoms with van der Waals surface area (Å²) in [5, 5.41) is 21.9. The van der Waals surface area contributed by atoms with Crippen molar-refractivity contribution in [3.05, 3.63) is 23.8 Å². The molecular formula is C17H18N4O4S. The number of thioether (sulfide) groups is 1. The molecule has 0 saturated heterocycles. The Hall–Kier alpha value is -2.99. The number of hydrogen-bond acceptors (Lipinski definition) is 8. The molecule has 0 aliphatic heterocycles. The molecule has 1 atom stereocenters. The summed E-state index contributed by atoms with van der Waals surface area (Å²) < 4.78 is 10.5. The van der Waals surface area contributed by atoms with Gasteiger partial charge >= 0.3 is 5.97 Å². The fraction of sp³-hybridized carbons (Fsp3) is 0.294. The van der Waals surface area contributed by atoms with Crippen LogP contribution in [0.2, 0.25) is 0 Å². The maximum Gasteiger partial charge on any atom is 0.325 e. The van der Waals surface area contributed by atoms with Crippen LogP contribution in [0.25, 0.3) is 11.3 Å². The number of carbonyl (C=O) groups is 1. The van der Waals surface area contributed by atoms with Crippen LogP contribution in [0.3, 0.4) is 0 Å². The molecule has 26 heavy (non-hydrogen) atoms. The number of carboxylic acid groups (broad SMARTS) is 1. The molecule has 0 radical (unpaired) electrons. The van der Waals surface area contributed by atoms with Crippen molar-refractivity contribution in [1.82, 2.24) is 9.97 Å². The normalized spacial score (nSPS) is 11.3. The third-order valence-electron chi connectivity index (χ3n) is 3.56. The van der Waals surface area contributed by atoms with Gasteiger partial charge in [0, 0.05) is 5.56 Å². The van der Waals surface area contributed by atoms with Gasteiger partial charge in [0.15, 0.2) is 16.7 Å². The molecule has 2 rings (SSSR count). The van der Waals surface area contributed by atoms with Gasteiger partial charge in [0.05, 0.1) is 19.9 Å². The molecule has 1 aromatic heterocycles. The zero-order chi connectivity index (χ0) is 19.3. The van der Waals surface area contributed by atoms with Gasteiger partial charge in [-0.3, -0.25) is 4.79 Å². The van der Waals surface area contributed by atoms with E-state index in [0.29, 0.717) is 27.9 Å². The first-order valence-corrected chi connectivity index (χ1v) is 8.75. The van der Waals surface area contributed by atoms with Crippen LogP contribution in [0, 0.1) is 11.3 Å². The zero-order valence-corrected chi connectivity index (χ0v) is 15.5. The molecule has 2 N–H and O–H groups in total. The lowest BCUT2D eigenvalue weighted by Crippen LogP contribution is -2.26. The number of benzene rings is 1. The molecule has 1 heterocycles. The van der Waals surface area contributed by atoms with Crippen LogP contribution in [-0.2, 0) is 4.79 Å². The van der Waals surface area contributed by atoms with Gasteiger partial charge in [-0.25, -0.2) is 9.97 Å². The van der Waals surface area contributed by atoms with Crippen molar-refractivity contribution < 1.29 is 19.4 Å². The number of nitriles is 1. The van der Waals surface area contributed by atoms with E-state index in [1.54, 1.807) is 24.5 Å². The molecule has 1 unspecified atom stereocenters. The van der Waals surface area contributed by atoms with E-state index in [-0.39, 0.29) is 11.4 Å². The highest BCUT2D eigenvalue weighted by molar-refractivity contribution is 7.98. The molecule has 0 fully saturated rings. The summed E-state index contributed by atoms with van der Waals surface area (Å²) in [6.45, 7) is 1.47. The Morgan fingerprint density at radius 2 is 2.00 bits per heavy atom. The molecule has 0 bridgehead atoms. The molecule has 136 valence electrons. The molecule has 0 saturated carbocycles. The quantitative estimate of drug-likeness (QED) is 0.557. The van der Waals surface area contributed by atoms with E-state index in [1.807, 2.05) is 0 Å². The number of nitrogens with zero attached hydrogens (tertiary/aromatic N) is 3. The number of carboxylic acids is 1. The topological polar surface area (TPSA) is 117 Å². The van der Waals surface area contributed by atoms with Crippen molar-refractivity contribution in [3.8, 4) is 28.8 Å². The average molecular weight is 374 g/mol. The highest BCUT2D eigenvalue weighted by Gasteiger charge is 2.20. The SMILES string of the molecule is COc1ccc(-c2nc(SC)nc(NC(C)C(=O)O)c2C#N)cc1OC. The first-order chi connectivity index (χ1) is 12.4. The van der Waals surface area contributed by atoms with E-state index >= 15 is 0 Å². The number of hydrogen-bond donors (Lipinski definition) is 2. The predicted molar refractivity (Wildman–Crippen MR) is 97.8 cm³/mol. The highest BCUT2D eigenvalue weighted by Crippen LogP contribution is 2.35. The van der Waals surface area contributed by atoms with E-state index in [4.69, 9.17) is 14.6 Å². The van der Waals surface area contributed by atoms with Crippen molar-refractivity contribution >= 4 is 23.5 Å². The third-order valence-corrected chi connectivity index (χ3v) is 4.11. The van der Waals surface area contributed by atoms with Crippen molar-refractivity contribution in [2.45, 2.75) is 18.1 Å². The van der Waals surface area contributed by atoms with Crippen LogP contribution in [0.15, 0.2) is 23.4 Å². The Morgan fingerprint density at radius 1 is 1.31 bits per heavy atom. The lowest BCUT2D eigenvalue weighted by Gasteiger charge is -2.15. The first-order valence-electron chi connectivity index (χ1n) is 7.53. The molecule has 2 aromatic rings. The Bertz CT molecular complexity index is 867. The van der Waals surface area contributed by atoms with Crippen molar-refractivity contribution in [2.24, 2.45) is 0 Å². The number of aliphatic carboxylic acids is 1. The van der Waals surface area contributed by atoms with Crippen molar-refractivity contribution in [2.75, 3.05) is 25.8 Å². The Balaban J connectivity index is 2.64. The van der Waals surface area contributed by atoms with E-state index in [1.165, 1.54) is 32.9 Å². The molecular weight excluding hydrogens is 356 g/mol. The van der Waals surface area contributed by atoms with Crippen LogP contribution in [0.5, 0.6) is 11.5 Å². The van der Waals surface area contributed by atoms with Gasteiger partial charge in [0.1, 0.15) is 23.5 Å². The summed E-state index contributed by atoms with van der Waals surface area (Å²) in [6, 6.07) is 6.32. The number of ether oxygens (including phenoxy) is 2. The number of aromatic nitrogens is 2. The van der Waals surface area contributed by atoms with Crippen molar-refractivity contribution in [1.29, 1.82) is 5.26 Å². The lowest BCUT2D eigenvalue weighted by molar-refractivity contribution is -0.137. The smallest absolute Gasteiger partial charge is 0.325 e. The summed E-state index contributed by atoms with van der Waals surface area (Å²) in [7, 11) is 3.05. The van der Waals surface area contributed by atoms with E-state index < -0.39 is 12.0 Å². The first kappa shape index (κ1) is 19.3. The van der Waals surface area contributed by atoms with Crippen LogP contribution < -0.4 is 14.8 Å². The predicted octanol–water partition coefficient (Wildman–Crippen LogP) is 2.64. The second-order valence-electron chi connectivity index (χ2n) is 5.17. The maximum atomic E-state index is 11.1. The monoisotopic (exact) mass is 374 g/mol. The summed E-state index contributed by atoms with van der Waals surface area (Å²) >= 11 is 1.29. The third kappa shape index (κ3) is 3.97. The minimum Gasteiger partial charge on any atom is -0.493 e. The summed E-state index contributed by atoms with van der Waals surface area (Å²) in [6.07, 6.45) is 1.80. The van der Waals surface area contributed by atoms with Gasteiger partial charge in [-0.1, -0.05) is 11.8 Å². The van der Waals surface area contributed by atoms with Crippen LogP contribution >= 0.6 is 11.8 Å². The Labute approximate surface area is 155 Å². The van der Waals surface area contributed by atoms with Gasteiger partial charge in [0.25, 0.3) is 0 Å². The second-order valence-corrected chi connectivity index (χ2v) is 5.94. The van der Waals surface area contributed by atoms with Crippen LogP contribution in [0.1, 0.15) is 12.5 Å². The van der Waals surface area contributed by atoms with Gasteiger partial charge < -0.3 is 19.9 Å². The molecule has 9 heteroatoms. The summed E-state index contributed by atoms with van der Waals surface area (Å²) in [5.41, 5.74) is 1.17. The number of methoxy groups -OCH3 is 2. The molecule has 8 nitrogen and oxygen atoms in total. The zero-order valence-electron chi connectivity index (χ0n) is 14.7. The Morgan fingerprint density at radius 3 is 2.54 bits per heavy atom. The number of nitrogens with one attached hydrogen (secondary N) is 1. The fourth-order valence-electron chi connectivity index (χ4n) is 2.20. The number of rotatable bonds is 7. The second kappa shape index (κ2) is 8.40. The minimum atomic E-state index is -1.05. The summed E-state index contributed by atoms with van der Waals surface area (Å²) in [4.78, 5) is 19.8. The largest absolute Gasteiger partial charge is 0.493 e. The van der Waals surface area contributed by atoms with E-state index in [0.717, 1.165) is 0 Å². The average Bonchev–Trinajstić information content (AvgIpc) is 2.66. The van der Waals surface area contributed by atoms with Crippen molar-refractivity contribution in [3.63, 3.8) is 0 Å². The van der Waals surface area contributed by atoms with Gasteiger partial charge in [-0.2, -0.15) is 5.26 Å². The van der Waals surface area contributed by atoms with Crippen LogP contribution in [-0.4, -0.2) is 47.6 Å². The standard InChI is InChI=1S/C17H18N4O4S/c1-9(16(22)23)19-15-11(8-18)14(20-17(21-15)26-4)10-5-6-12(24-2)13(7-10)25-3/h5-7,9H,1-4H3,(H,22,23)(H,19,20,21). The maximum absolute atomic E-state index is 11.1. The van der Waals surface area contributed by atoms with Gasteiger partial charge in [0.2, 0.25) is 0 Å². The molecule has 0 aliphatic carbocycles. The molecule has 0 amide bonds. The highest BCUT2D eigenvalue weighted by atomic mass is 32.2. The lowest BCUT2D eigenvalue weighted by atomic mass is 10.1. The fourth-order valence-corrected chi connectivity index (χ4v) is 2.57. The minimum absolute atomic E-state index is 0.156. The van der Waals surface area contributed by atoms with Crippen LogP contribution in [0.4, 0.5) is 5.82 Å². The van der Waals surface area contributed by atoms with Gasteiger partial charge in [-0.15, -0.1) is 0 Å². The number of anilines is 1. The molecule has 1 aromatic carbocycles. The van der Waals surface area contributed by atoms with E-state index in [9.17, 15) is 10.1 Å². The molecule has 0 aliphatic rings. The summed E-state index contributed by atoms with van der Waals surface area (Å²) in [5.74, 6) is 0.163. The van der Waals surface area contributed by atoms with Gasteiger partial charge in [-0.05, 0) is 31.4 Å². The Kier molecular flexibility index (Phi) is 6.25. The molecule has 0 spiro atoms. The van der Waals surface area contributed by atoms with E-state index in [2.05, 4.69) is 21.4 Å².